The van der Waals surface area contributed by atoms with E-state index in [-0.39, 0.29) is 43.4 Å². The van der Waals surface area contributed by atoms with Gasteiger partial charge in [0, 0.05) is 44.1 Å². The molecule has 0 aliphatic heterocycles. The summed E-state index contributed by atoms with van der Waals surface area (Å²) in [6.07, 6.45) is 6.94. The molecule has 2 atom stereocenters. The first kappa shape index (κ1) is 42.4. The van der Waals surface area contributed by atoms with Crippen LogP contribution in [-0.2, 0) is 23.4 Å². The van der Waals surface area contributed by atoms with Gasteiger partial charge >= 0.3 is 6.80 Å². The van der Waals surface area contributed by atoms with E-state index in [0.29, 0.717) is 54.4 Å². The van der Waals surface area contributed by atoms with Crippen LogP contribution in [0.3, 0.4) is 0 Å². The minimum atomic E-state index is -4.10. The number of ether oxygens (including phenoxy) is 1. The number of rotatable bonds is 22. The Balaban J connectivity index is 1.69. The Morgan fingerprint density at radius 1 is 1.00 bits per heavy atom. The number of azo groups is 1. The lowest BCUT2D eigenvalue weighted by Gasteiger charge is -2.20. The van der Waals surface area contributed by atoms with Gasteiger partial charge in [-0.05, 0) is 106 Å². The molecule has 0 aliphatic rings. The van der Waals surface area contributed by atoms with Crippen molar-refractivity contribution < 1.29 is 33.1 Å². The summed E-state index contributed by atoms with van der Waals surface area (Å²) < 4.78 is 23.1. The van der Waals surface area contributed by atoms with E-state index in [1.165, 1.54) is 0 Å². The molecule has 2 rings (SSSR count). The molecular weight excluding hydrogens is 681 g/mol. The van der Waals surface area contributed by atoms with Crippen LogP contribution in [-0.4, -0.2) is 87.1 Å². The molecule has 3 amide bonds. The fraction of sp³-hybridized carbons (Fsp3) is 0.500. The van der Waals surface area contributed by atoms with E-state index in [9.17, 15) is 23.8 Å². The third kappa shape index (κ3) is 18.3. The van der Waals surface area contributed by atoms with Gasteiger partial charge in [0.15, 0.2) is 0 Å². The van der Waals surface area contributed by atoms with Crippen LogP contribution in [0.4, 0.5) is 17.1 Å². The van der Waals surface area contributed by atoms with Gasteiger partial charge in [0.25, 0.3) is 5.91 Å². The molecule has 0 aromatic heterocycles. The number of hydrogen-bond donors (Lipinski definition) is 5. The highest BCUT2D eigenvalue weighted by Crippen LogP contribution is 2.55. The van der Waals surface area contributed by atoms with Crippen molar-refractivity contribution in [2.75, 3.05) is 57.7 Å². The quantitative estimate of drug-likeness (QED) is 0.0367. The first-order valence-electron chi connectivity index (χ1n) is 16.2. The molecule has 0 spiro atoms. The summed E-state index contributed by atoms with van der Waals surface area (Å²) in [5.41, 5.74) is 2.45. The number of carbonyl (C=O) groups excluding carboxylic acids is 3. The van der Waals surface area contributed by atoms with Crippen molar-refractivity contribution in [2.24, 2.45) is 10.2 Å². The number of unbranched alkanes of at least 4 members (excludes halogenated alkanes) is 1. The van der Waals surface area contributed by atoms with E-state index >= 15 is 0 Å². The maximum atomic E-state index is 12.6. The van der Waals surface area contributed by atoms with Crippen molar-refractivity contribution >= 4 is 53.0 Å². The zero-order chi connectivity index (χ0) is 37.0. The number of benzene rings is 2. The molecule has 2 unspecified atom stereocenters. The lowest BCUT2D eigenvalue weighted by atomic mass is 10.1. The maximum Gasteiger partial charge on any atom is 0.386 e. The molecule has 2 aromatic carbocycles. The van der Waals surface area contributed by atoms with Crippen molar-refractivity contribution in [3.63, 3.8) is 0 Å². The summed E-state index contributed by atoms with van der Waals surface area (Å²) in [6, 6.07) is 13.3. The third-order valence-electron chi connectivity index (χ3n) is 6.72. The fourth-order valence-electron chi connectivity index (χ4n) is 4.07. The second kappa shape index (κ2) is 22.1. The highest BCUT2D eigenvalue weighted by molar-refractivity contribution is 8.54. The predicted molar refractivity (Wildman–Crippen MR) is 198 cm³/mol. The number of hydrogen-bond acceptors (Lipinski definition) is 11. The Hall–Kier alpha value is -3.77. The summed E-state index contributed by atoms with van der Waals surface area (Å²) >= 11 is 0.595. The molecular formula is C34H50N7O7PS. The summed E-state index contributed by atoms with van der Waals surface area (Å²) in [6.45, 7) is 2.71. The molecule has 274 valence electrons. The zero-order valence-corrected chi connectivity index (χ0v) is 31.1. The number of terminal acetylenes is 1. The van der Waals surface area contributed by atoms with Gasteiger partial charge < -0.3 is 30.5 Å². The van der Waals surface area contributed by atoms with Gasteiger partial charge in [-0.1, -0.05) is 5.92 Å². The standard InChI is InChI=1S/C34H50N7O7PS/c1-7-20-36-33(44)30(10-8-9-21-35-25-47-34(2,3)4)38-31(42)19-24-50-49(45,46)48-23-22-37-32(43)26-11-13-27(14-12-26)39-40-28-15-17-29(18-16-28)41(5)6/h1,11-18,30,35H,8-10,19-25H2,2-6H3,(H,36,44)(H,37,43)(H,38,42)(H,45,46)/b40-39+. The summed E-state index contributed by atoms with van der Waals surface area (Å²) in [5.74, 6) is 1.08. The van der Waals surface area contributed by atoms with Gasteiger partial charge in [-0.2, -0.15) is 10.2 Å². The molecule has 0 radical (unpaired) electrons. The highest BCUT2D eigenvalue weighted by Gasteiger charge is 2.23. The van der Waals surface area contributed by atoms with Crippen molar-refractivity contribution in [1.82, 2.24) is 21.3 Å². The van der Waals surface area contributed by atoms with Crippen molar-refractivity contribution in [1.29, 1.82) is 0 Å². The van der Waals surface area contributed by atoms with E-state index < -0.39 is 24.7 Å². The molecule has 0 heterocycles. The van der Waals surface area contributed by atoms with Crippen molar-refractivity contribution in [3.8, 4) is 12.3 Å². The molecule has 0 fully saturated rings. The molecule has 0 saturated carbocycles. The van der Waals surface area contributed by atoms with Gasteiger partial charge in [-0.15, -0.1) is 6.42 Å². The Bertz CT molecular complexity index is 1480. The molecule has 0 bridgehead atoms. The smallest absolute Gasteiger partial charge is 0.378 e. The maximum absolute atomic E-state index is 12.6. The van der Waals surface area contributed by atoms with Crippen LogP contribution in [0.15, 0.2) is 58.8 Å². The molecule has 2 aromatic rings. The van der Waals surface area contributed by atoms with Crippen molar-refractivity contribution in [2.45, 2.75) is 58.1 Å². The summed E-state index contributed by atoms with van der Waals surface area (Å²) in [4.78, 5) is 49.7. The highest BCUT2D eigenvalue weighted by atomic mass is 32.7. The number of anilines is 1. The average molecular weight is 732 g/mol. The first-order chi connectivity index (χ1) is 23.7. The second-order valence-corrected chi connectivity index (χ2v) is 16.3. The van der Waals surface area contributed by atoms with Gasteiger partial charge in [0.05, 0.1) is 36.9 Å². The lowest BCUT2D eigenvalue weighted by Crippen LogP contribution is -2.47. The largest absolute Gasteiger partial charge is 0.386 e. The lowest BCUT2D eigenvalue weighted by molar-refractivity contribution is -0.128. The number of amides is 3. The van der Waals surface area contributed by atoms with Gasteiger partial charge in [-0.25, -0.2) is 4.57 Å². The van der Waals surface area contributed by atoms with Crippen LogP contribution >= 0.6 is 18.2 Å². The van der Waals surface area contributed by atoms with E-state index in [0.717, 1.165) is 12.1 Å². The van der Waals surface area contributed by atoms with Crippen LogP contribution in [0.1, 0.15) is 56.8 Å². The van der Waals surface area contributed by atoms with Gasteiger partial charge in [0.1, 0.15) is 6.04 Å². The number of nitrogens with zero attached hydrogens (tertiary/aromatic N) is 3. The zero-order valence-electron chi connectivity index (χ0n) is 29.4. The Kier molecular flexibility index (Phi) is 18.8. The van der Waals surface area contributed by atoms with Crippen molar-refractivity contribution in [3.05, 3.63) is 54.1 Å². The van der Waals surface area contributed by atoms with Gasteiger partial charge in [-0.3, -0.25) is 24.2 Å². The summed E-state index contributed by atoms with van der Waals surface area (Å²) in [5, 5.41) is 19.5. The minimum absolute atomic E-state index is 0.0115. The van der Waals surface area contributed by atoms with Crippen LogP contribution in [0, 0.1) is 12.3 Å². The van der Waals surface area contributed by atoms with E-state index in [1.54, 1.807) is 24.3 Å². The summed E-state index contributed by atoms with van der Waals surface area (Å²) in [7, 11) is 3.91. The van der Waals surface area contributed by atoms with Crippen LogP contribution in [0.5, 0.6) is 0 Å². The first-order valence-corrected chi connectivity index (χ1v) is 19.4. The molecule has 50 heavy (non-hydrogen) atoms. The normalized spacial score (nSPS) is 13.2. The molecule has 5 N–H and O–H groups in total. The van der Waals surface area contributed by atoms with E-state index in [1.807, 2.05) is 64.0 Å². The average Bonchev–Trinajstić information content (AvgIpc) is 3.06. The van der Waals surface area contributed by atoms with Crippen LogP contribution < -0.4 is 26.2 Å². The second-order valence-electron chi connectivity index (χ2n) is 12.2. The molecule has 14 nitrogen and oxygen atoms in total. The SMILES string of the molecule is C#CCNC(=O)C(CCCCNCOC(C)(C)C)NC(=O)CCSP(=O)(O)OCCNC(=O)c1ccc(/N=N/c2ccc(N(C)C)cc2)cc1. The molecule has 0 aliphatic carbocycles. The Labute approximate surface area is 299 Å². The topological polar surface area (TPSA) is 183 Å². The minimum Gasteiger partial charge on any atom is -0.378 e. The van der Waals surface area contributed by atoms with Crippen LogP contribution in [0.2, 0.25) is 0 Å². The Morgan fingerprint density at radius 3 is 2.24 bits per heavy atom. The fourth-order valence-corrected chi connectivity index (χ4v) is 6.38. The van der Waals surface area contributed by atoms with E-state index in [4.69, 9.17) is 15.7 Å². The van der Waals surface area contributed by atoms with E-state index in [2.05, 4.69) is 37.4 Å². The number of nitrogens with one attached hydrogen (secondary N) is 4. The Morgan fingerprint density at radius 2 is 1.64 bits per heavy atom. The molecule has 16 heteroatoms. The molecule has 0 saturated heterocycles. The third-order valence-corrected chi connectivity index (χ3v) is 9.79. The van der Waals surface area contributed by atoms with Crippen LogP contribution in [0.25, 0.3) is 0 Å². The van der Waals surface area contributed by atoms with Gasteiger partial charge in [0.2, 0.25) is 11.8 Å². The number of carbonyl (C=O) groups is 3. The predicted octanol–water partition coefficient (Wildman–Crippen LogP) is 4.90. The monoisotopic (exact) mass is 731 g/mol.